The fraction of sp³-hybridized carbons (Fsp3) is 0.944. The van der Waals surface area contributed by atoms with Gasteiger partial charge in [-0.25, -0.2) is 0 Å². The number of aliphatic imine (C=N–C) groups is 1. The van der Waals surface area contributed by atoms with Crippen molar-refractivity contribution in [1.82, 2.24) is 0 Å². The van der Waals surface area contributed by atoms with Crippen LogP contribution in [0.4, 0.5) is 0 Å². The van der Waals surface area contributed by atoms with Gasteiger partial charge in [-0.2, -0.15) is 0 Å². The molecular formula is C18H31NO. The largest absolute Gasteiger partial charge is 0.472 e. The molecule has 3 aliphatic rings. The van der Waals surface area contributed by atoms with E-state index in [9.17, 15) is 0 Å². The van der Waals surface area contributed by atoms with Gasteiger partial charge in [0.1, 0.15) is 5.60 Å². The van der Waals surface area contributed by atoms with E-state index in [4.69, 9.17) is 9.73 Å². The molecule has 0 aromatic carbocycles. The first-order valence-corrected chi connectivity index (χ1v) is 9.07. The molecule has 0 N–H and O–H groups in total. The number of ether oxygens (including phenoxy) is 1. The Morgan fingerprint density at radius 2 is 1.50 bits per heavy atom. The minimum absolute atomic E-state index is 0.103. The van der Waals surface area contributed by atoms with Crippen LogP contribution in [-0.4, -0.2) is 18.0 Å². The molecule has 2 aliphatic carbocycles. The van der Waals surface area contributed by atoms with Crippen molar-refractivity contribution < 1.29 is 4.74 Å². The average molecular weight is 277 g/mol. The van der Waals surface area contributed by atoms with Gasteiger partial charge in [0.15, 0.2) is 5.90 Å². The van der Waals surface area contributed by atoms with Crippen LogP contribution in [-0.2, 0) is 4.74 Å². The minimum Gasteiger partial charge on any atom is -0.472 e. The van der Waals surface area contributed by atoms with Crippen molar-refractivity contribution in [3.05, 3.63) is 0 Å². The Kier molecular flexibility index (Phi) is 4.68. The maximum Gasteiger partial charge on any atom is 0.184 e. The van der Waals surface area contributed by atoms with Gasteiger partial charge in [0, 0.05) is 18.3 Å². The molecule has 20 heavy (non-hydrogen) atoms. The Labute approximate surface area is 124 Å². The molecule has 0 aromatic rings. The van der Waals surface area contributed by atoms with Crippen molar-refractivity contribution in [2.45, 2.75) is 89.6 Å². The van der Waals surface area contributed by atoms with Crippen LogP contribution in [0, 0.1) is 11.8 Å². The highest BCUT2D eigenvalue weighted by Gasteiger charge is 2.50. The lowest BCUT2D eigenvalue weighted by Crippen LogP contribution is -2.49. The molecule has 1 heterocycles. The van der Waals surface area contributed by atoms with Crippen molar-refractivity contribution in [3.8, 4) is 0 Å². The third-order valence-electron chi connectivity index (χ3n) is 5.87. The highest BCUT2D eigenvalue weighted by molar-refractivity contribution is 5.78. The van der Waals surface area contributed by atoms with Gasteiger partial charge in [0.2, 0.25) is 0 Å². The lowest BCUT2D eigenvalue weighted by Gasteiger charge is -2.45. The molecule has 0 spiro atoms. The van der Waals surface area contributed by atoms with Crippen LogP contribution >= 0.6 is 0 Å². The zero-order valence-corrected chi connectivity index (χ0v) is 13.2. The van der Waals surface area contributed by atoms with Crippen molar-refractivity contribution >= 4 is 5.90 Å². The first kappa shape index (κ1) is 14.4. The van der Waals surface area contributed by atoms with E-state index >= 15 is 0 Å². The van der Waals surface area contributed by atoms with Crippen LogP contribution in [0.15, 0.2) is 4.99 Å². The van der Waals surface area contributed by atoms with Crippen LogP contribution in [0.5, 0.6) is 0 Å². The van der Waals surface area contributed by atoms with Gasteiger partial charge in [-0.05, 0) is 32.1 Å². The lowest BCUT2D eigenvalue weighted by molar-refractivity contribution is -0.0586. The maximum absolute atomic E-state index is 6.62. The highest BCUT2D eigenvalue weighted by atomic mass is 16.5. The summed E-state index contributed by atoms with van der Waals surface area (Å²) in [7, 11) is 0. The van der Waals surface area contributed by atoms with Crippen molar-refractivity contribution in [3.63, 3.8) is 0 Å². The third-order valence-corrected chi connectivity index (χ3v) is 5.87. The highest BCUT2D eigenvalue weighted by Crippen LogP contribution is 2.47. The summed E-state index contributed by atoms with van der Waals surface area (Å²) in [6.45, 7) is 3.20. The summed E-state index contributed by atoms with van der Waals surface area (Å²) in [5, 5.41) is 0. The monoisotopic (exact) mass is 277 g/mol. The predicted molar refractivity (Wildman–Crippen MR) is 84.2 cm³/mol. The third kappa shape index (κ3) is 2.76. The Morgan fingerprint density at radius 3 is 2.00 bits per heavy atom. The lowest BCUT2D eigenvalue weighted by atomic mass is 9.66. The van der Waals surface area contributed by atoms with Gasteiger partial charge >= 0.3 is 0 Å². The average Bonchev–Trinajstić information content (AvgIpc) is 2.95. The van der Waals surface area contributed by atoms with Crippen molar-refractivity contribution in [2.24, 2.45) is 16.8 Å². The minimum atomic E-state index is 0.103. The van der Waals surface area contributed by atoms with Gasteiger partial charge < -0.3 is 4.74 Å². The second-order valence-corrected chi connectivity index (χ2v) is 7.19. The number of hydrogen-bond donors (Lipinski definition) is 0. The maximum atomic E-state index is 6.62. The summed E-state index contributed by atoms with van der Waals surface area (Å²) in [5.74, 6) is 2.62. The van der Waals surface area contributed by atoms with E-state index in [2.05, 4.69) is 6.92 Å². The normalized spacial score (nSPS) is 28.1. The van der Waals surface area contributed by atoms with Gasteiger partial charge in [0.05, 0.1) is 6.54 Å². The Bertz CT molecular complexity index is 319. The SMILES string of the molecule is CCCC1=NCC(C2CCCCC2)(C2CCCCC2)O1. The van der Waals surface area contributed by atoms with Crippen LogP contribution < -0.4 is 0 Å². The quantitative estimate of drug-likeness (QED) is 0.699. The standard InChI is InChI=1S/C18H31NO/c1-2-9-17-19-14-18(20-17,15-10-5-3-6-11-15)16-12-7-4-8-13-16/h15-16H,2-14H2,1H3. The Hall–Kier alpha value is -0.530. The second-order valence-electron chi connectivity index (χ2n) is 7.19. The predicted octanol–water partition coefficient (Wildman–Crippen LogP) is 5.11. The van der Waals surface area contributed by atoms with Crippen molar-refractivity contribution in [2.75, 3.05) is 6.54 Å². The molecular weight excluding hydrogens is 246 g/mol. The van der Waals surface area contributed by atoms with E-state index in [1.54, 1.807) is 0 Å². The summed E-state index contributed by atoms with van der Waals surface area (Å²) in [6.07, 6.45) is 16.2. The van der Waals surface area contributed by atoms with E-state index in [1.807, 2.05) is 0 Å². The molecule has 2 fully saturated rings. The smallest absolute Gasteiger partial charge is 0.184 e. The fourth-order valence-corrected chi connectivity index (χ4v) is 4.78. The first-order chi connectivity index (χ1) is 9.85. The van der Waals surface area contributed by atoms with Gasteiger partial charge in [-0.15, -0.1) is 0 Å². The molecule has 2 heteroatoms. The fourth-order valence-electron chi connectivity index (χ4n) is 4.78. The van der Waals surface area contributed by atoms with Gasteiger partial charge in [0.25, 0.3) is 0 Å². The summed E-state index contributed by atoms with van der Waals surface area (Å²) in [4.78, 5) is 4.82. The summed E-state index contributed by atoms with van der Waals surface area (Å²) in [6, 6.07) is 0. The molecule has 114 valence electrons. The van der Waals surface area contributed by atoms with Crippen LogP contribution in [0.1, 0.15) is 84.0 Å². The topological polar surface area (TPSA) is 21.6 Å². The zero-order chi connectivity index (χ0) is 13.8. The first-order valence-electron chi connectivity index (χ1n) is 9.07. The van der Waals surface area contributed by atoms with Crippen LogP contribution in [0.25, 0.3) is 0 Å². The van der Waals surface area contributed by atoms with E-state index in [0.29, 0.717) is 0 Å². The summed E-state index contributed by atoms with van der Waals surface area (Å²) >= 11 is 0. The van der Waals surface area contributed by atoms with Gasteiger partial charge in [-0.1, -0.05) is 45.4 Å². The molecule has 3 rings (SSSR count). The molecule has 0 unspecified atom stereocenters. The molecule has 2 nitrogen and oxygen atoms in total. The van der Waals surface area contributed by atoms with Crippen LogP contribution in [0.2, 0.25) is 0 Å². The molecule has 1 aliphatic heterocycles. The number of nitrogens with zero attached hydrogens (tertiary/aromatic N) is 1. The van der Waals surface area contributed by atoms with Gasteiger partial charge in [-0.3, -0.25) is 4.99 Å². The zero-order valence-electron chi connectivity index (χ0n) is 13.2. The van der Waals surface area contributed by atoms with E-state index < -0.39 is 0 Å². The molecule has 0 bridgehead atoms. The molecule has 0 atom stereocenters. The summed E-state index contributed by atoms with van der Waals surface area (Å²) < 4.78 is 6.62. The number of rotatable bonds is 4. The number of hydrogen-bond acceptors (Lipinski definition) is 2. The summed E-state index contributed by atoms with van der Waals surface area (Å²) in [5.41, 5.74) is 0.103. The van der Waals surface area contributed by atoms with Crippen molar-refractivity contribution in [1.29, 1.82) is 0 Å². The molecule has 2 saturated carbocycles. The molecule has 0 saturated heterocycles. The van der Waals surface area contributed by atoms with E-state index in [0.717, 1.165) is 37.1 Å². The Balaban J connectivity index is 1.76. The Morgan fingerprint density at radius 1 is 0.950 bits per heavy atom. The van der Waals surface area contributed by atoms with E-state index in [-0.39, 0.29) is 5.60 Å². The molecule has 0 radical (unpaired) electrons. The van der Waals surface area contributed by atoms with E-state index in [1.165, 1.54) is 64.2 Å². The molecule has 0 amide bonds. The molecule has 0 aromatic heterocycles. The van der Waals surface area contributed by atoms with Crippen LogP contribution in [0.3, 0.4) is 0 Å². The second kappa shape index (κ2) is 6.49.